The number of thiazole rings is 1. The predicted molar refractivity (Wildman–Crippen MR) is 146 cm³/mol. The Morgan fingerprint density at radius 2 is 1.92 bits per heavy atom. The summed E-state index contributed by atoms with van der Waals surface area (Å²) in [5.74, 6) is 0.531. The smallest absolute Gasteiger partial charge is 0.333 e. The Bertz CT molecular complexity index is 1080. The second kappa shape index (κ2) is 14.7. The van der Waals surface area contributed by atoms with Crippen molar-refractivity contribution in [2.45, 2.75) is 65.3 Å². The van der Waals surface area contributed by atoms with Gasteiger partial charge in [0.1, 0.15) is 17.4 Å². The summed E-state index contributed by atoms with van der Waals surface area (Å²) in [5.41, 5.74) is 3.27. The summed E-state index contributed by atoms with van der Waals surface area (Å²) in [4.78, 5) is 29.9. The van der Waals surface area contributed by atoms with Crippen molar-refractivity contribution < 1.29 is 24.2 Å². The van der Waals surface area contributed by atoms with E-state index in [1.54, 1.807) is 19.9 Å². The molecule has 1 saturated carbocycles. The second-order valence-electron chi connectivity index (χ2n) is 9.36. The summed E-state index contributed by atoms with van der Waals surface area (Å²) >= 11 is 1.52. The minimum absolute atomic E-state index is 0.0322. The molecule has 7 nitrogen and oxygen atoms in total. The maximum Gasteiger partial charge on any atom is 0.333 e. The summed E-state index contributed by atoms with van der Waals surface area (Å²) in [6, 6.07) is 7.47. The molecule has 1 heterocycles. The van der Waals surface area contributed by atoms with Crippen LogP contribution in [0.15, 0.2) is 46.9 Å². The maximum atomic E-state index is 13.1. The number of aromatic nitrogens is 1. The standard InChI is InChI=1S/C29H38N2O5S/c1-4-35-29(34)21(3)16-20(2)17-24-19-37-28(30-24)26(31-27(33)23-8-6-5-7-9-23)18-22-10-12-25(13-11-22)36-15-14-32/h10-13,16-17,19,23,26,32H,4-9,14-15,18H2,1-3H3,(H,31,33)/b20-17+,21-16-/t26-/m0/s1. The van der Waals surface area contributed by atoms with Gasteiger partial charge in [0, 0.05) is 16.9 Å². The highest BCUT2D eigenvalue weighted by molar-refractivity contribution is 7.09. The van der Waals surface area contributed by atoms with E-state index < -0.39 is 0 Å². The first-order valence-electron chi connectivity index (χ1n) is 13.0. The number of nitrogens with one attached hydrogen (secondary N) is 1. The first-order chi connectivity index (χ1) is 17.9. The molecule has 1 aromatic carbocycles. The molecule has 8 heteroatoms. The van der Waals surface area contributed by atoms with Crippen LogP contribution >= 0.6 is 11.3 Å². The third-order valence-electron chi connectivity index (χ3n) is 6.27. The number of carbonyl (C=O) groups is 2. The van der Waals surface area contributed by atoms with Gasteiger partial charge in [-0.25, -0.2) is 9.78 Å². The van der Waals surface area contributed by atoms with E-state index in [2.05, 4.69) is 5.32 Å². The molecule has 0 unspecified atom stereocenters. The highest BCUT2D eigenvalue weighted by Gasteiger charge is 2.25. The van der Waals surface area contributed by atoms with Gasteiger partial charge in [-0.2, -0.15) is 0 Å². The fourth-order valence-corrected chi connectivity index (χ4v) is 5.25. The van der Waals surface area contributed by atoms with Crippen LogP contribution in [0, 0.1) is 5.92 Å². The van der Waals surface area contributed by atoms with E-state index >= 15 is 0 Å². The number of nitrogens with zero attached hydrogens (tertiary/aromatic N) is 1. The van der Waals surface area contributed by atoms with Crippen LogP contribution in [-0.4, -0.2) is 41.8 Å². The third-order valence-corrected chi connectivity index (χ3v) is 7.25. The SMILES string of the molecule is CCOC(=O)/C(C)=C\C(C)=C\c1csc([C@H](Cc2ccc(OCCO)cc2)NC(=O)C2CCCCC2)n1. The van der Waals surface area contributed by atoms with Crippen LogP contribution in [0.4, 0.5) is 0 Å². The lowest BCUT2D eigenvalue weighted by molar-refractivity contribution is -0.138. The van der Waals surface area contributed by atoms with E-state index in [1.807, 2.05) is 42.6 Å². The van der Waals surface area contributed by atoms with Crippen LogP contribution in [0.2, 0.25) is 0 Å². The zero-order valence-electron chi connectivity index (χ0n) is 22.0. The highest BCUT2D eigenvalue weighted by Crippen LogP contribution is 2.28. The van der Waals surface area contributed by atoms with Gasteiger partial charge in [-0.15, -0.1) is 11.3 Å². The zero-order valence-corrected chi connectivity index (χ0v) is 22.8. The summed E-state index contributed by atoms with van der Waals surface area (Å²) in [5, 5.41) is 15.1. The van der Waals surface area contributed by atoms with Gasteiger partial charge in [-0.05, 0) is 75.5 Å². The molecule has 0 aliphatic heterocycles. The fourth-order valence-electron chi connectivity index (χ4n) is 4.42. The van der Waals surface area contributed by atoms with E-state index in [0.717, 1.165) is 47.5 Å². The van der Waals surface area contributed by atoms with Gasteiger partial charge >= 0.3 is 5.97 Å². The van der Waals surface area contributed by atoms with Crippen LogP contribution < -0.4 is 10.1 Å². The Balaban J connectivity index is 1.78. The van der Waals surface area contributed by atoms with E-state index in [0.29, 0.717) is 24.4 Å². The molecule has 1 aliphatic carbocycles. The quantitative estimate of drug-likeness (QED) is 0.218. The Morgan fingerprint density at radius 1 is 1.19 bits per heavy atom. The van der Waals surface area contributed by atoms with E-state index in [1.165, 1.54) is 17.8 Å². The highest BCUT2D eigenvalue weighted by atomic mass is 32.1. The van der Waals surface area contributed by atoms with Crippen molar-refractivity contribution in [2.75, 3.05) is 19.8 Å². The first-order valence-corrected chi connectivity index (χ1v) is 13.9. The van der Waals surface area contributed by atoms with Gasteiger partial charge in [0.05, 0.1) is 24.9 Å². The number of rotatable bonds is 12. The van der Waals surface area contributed by atoms with Crippen LogP contribution in [0.25, 0.3) is 6.08 Å². The first kappa shape index (κ1) is 28.6. The van der Waals surface area contributed by atoms with Gasteiger partial charge in [0.25, 0.3) is 0 Å². The average molecular weight is 527 g/mol. The number of allylic oxidation sites excluding steroid dienone is 2. The number of aliphatic hydroxyl groups excluding tert-OH is 1. The van der Waals surface area contributed by atoms with Crippen molar-refractivity contribution in [1.82, 2.24) is 10.3 Å². The van der Waals surface area contributed by atoms with Crippen molar-refractivity contribution in [3.8, 4) is 5.75 Å². The van der Waals surface area contributed by atoms with Crippen molar-refractivity contribution >= 4 is 29.3 Å². The lowest BCUT2D eigenvalue weighted by Gasteiger charge is -2.24. The van der Waals surface area contributed by atoms with Crippen molar-refractivity contribution in [1.29, 1.82) is 0 Å². The summed E-state index contributed by atoms with van der Waals surface area (Å²) in [7, 11) is 0. The molecule has 1 aromatic heterocycles. The summed E-state index contributed by atoms with van der Waals surface area (Å²) in [6.07, 6.45) is 9.60. The zero-order chi connectivity index (χ0) is 26.6. The predicted octanol–water partition coefficient (Wildman–Crippen LogP) is 5.41. The van der Waals surface area contributed by atoms with Gasteiger partial charge in [0.2, 0.25) is 5.91 Å². The number of carbonyl (C=O) groups excluding carboxylic acids is 2. The second-order valence-corrected chi connectivity index (χ2v) is 10.3. The topological polar surface area (TPSA) is 97.8 Å². The molecule has 1 atom stereocenters. The van der Waals surface area contributed by atoms with Crippen molar-refractivity contribution in [3.63, 3.8) is 0 Å². The molecule has 1 fully saturated rings. The van der Waals surface area contributed by atoms with Crippen LogP contribution in [0.3, 0.4) is 0 Å². The molecule has 0 spiro atoms. The number of esters is 1. The number of hydrogen-bond acceptors (Lipinski definition) is 7. The number of ether oxygens (including phenoxy) is 2. The lowest BCUT2D eigenvalue weighted by atomic mass is 9.88. The monoisotopic (exact) mass is 526 g/mol. The molecular formula is C29H38N2O5S. The van der Waals surface area contributed by atoms with Crippen molar-refractivity contribution in [2.24, 2.45) is 5.92 Å². The fraction of sp³-hybridized carbons (Fsp3) is 0.483. The maximum absolute atomic E-state index is 13.1. The molecule has 1 aliphatic rings. The molecule has 2 N–H and O–H groups in total. The molecule has 0 radical (unpaired) electrons. The van der Waals surface area contributed by atoms with Gasteiger partial charge in [-0.3, -0.25) is 4.79 Å². The Kier molecular flexibility index (Phi) is 11.4. The van der Waals surface area contributed by atoms with Crippen LogP contribution in [-0.2, 0) is 20.7 Å². The molecule has 0 bridgehead atoms. The van der Waals surface area contributed by atoms with Crippen molar-refractivity contribution in [3.05, 3.63) is 63.1 Å². The number of hydrogen-bond donors (Lipinski definition) is 2. The molecule has 3 rings (SSSR count). The lowest BCUT2D eigenvalue weighted by Crippen LogP contribution is -2.35. The normalized spacial score (nSPS) is 15.8. The average Bonchev–Trinajstić information content (AvgIpc) is 3.36. The Morgan fingerprint density at radius 3 is 2.59 bits per heavy atom. The van der Waals surface area contributed by atoms with E-state index in [4.69, 9.17) is 19.6 Å². The van der Waals surface area contributed by atoms with Gasteiger partial charge in [0.15, 0.2) is 0 Å². The Hall–Kier alpha value is -2.97. The number of aliphatic hydroxyl groups is 1. The Labute approximate surface area is 223 Å². The summed E-state index contributed by atoms with van der Waals surface area (Å²) in [6.45, 7) is 6.00. The third kappa shape index (κ3) is 9.13. The number of amides is 1. The molecular weight excluding hydrogens is 488 g/mol. The minimum atomic E-state index is -0.326. The van der Waals surface area contributed by atoms with Crippen LogP contribution in [0.5, 0.6) is 5.75 Å². The van der Waals surface area contributed by atoms with E-state index in [9.17, 15) is 9.59 Å². The summed E-state index contributed by atoms with van der Waals surface area (Å²) < 4.78 is 10.5. The number of benzene rings is 1. The van der Waals surface area contributed by atoms with E-state index in [-0.39, 0.29) is 37.0 Å². The van der Waals surface area contributed by atoms with Gasteiger partial charge in [-0.1, -0.05) is 31.4 Å². The molecule has 200 valence electrons. The van der Waals surface area contributed by atoms with Gasteiger partial charge < -0.3 is 19.9 Å². The molecule has 2 aromatic rings. The largest absolute Gasteiger partial charge is 0.491 e. The molecule has 37 heavy (non-hydrogen) atoms. The minimum Gasteiger partial charge on any atom is -0.491 e. The van der Waals surface area contributed by atoms with Crippen LogP contribution in [0.1, 0.15) is 75.2 Å². The molecule has 0 saturated heterocycles. The molecule has 1 amide bonds.